The number of aromatic amines is 1. The Balaban J connectivity index is 2.01. The van der Waals surface area contributed by atoms with E-state index in [1.807, 2.05) is 31.2 Å². The smallest absolute Gasteiger partial charge is 0.237 e. The molecule has 1 heterocycles. The minimum absolute atomic E-state index is 0.141. The van der Waals surface area contributed by atoms with Gasteiger partial charge in [0.05, 0.1) is 11.0 Å². The van der Waals surface area contributed by atoms with Crippen molar-refractivity contribution < 1.29 is 4.79 Å². The first-order chi connectivity index (χ1) is 8.20. The van der Waals surface area contributed by atoms with Gasteiger partial charge in [0.2, 0.25) is 5.91 Å². The molecule has 1 aromatic heterocycles. The molecule has 2 aromatic rings. The topological polar surface area (TPSA) is 83.8 Å². The van der Waals surface area contributed by atoms with Gasteiger partial charge in [-0.15, -0.1) is 0 Å². The first-order valence-electron chi connectivity index (χ1n) is 5.28. The van der Waals surface area contributed by atoms with Crippen molar-refractivity contribution in [3.63, 3.8) is 0 Å². The number of nitrogens with two attached hydrogens (primary N) is 1. The highest BCUT2D eigenvalue weighted by Crippen LogP contribution is 2.21. The molecule has 0 spiro atoms. The number of nitrogens with zero attached hydrogens (tertiary/aromatic N) is 1. The van der Waals surface area contributed by atoms with Gasteiger partial charge in [0.15, 0.2) is 5.16 Å². The van der Waals surface area contributed by atoms with Crippen molar-refractivity contribution in [1.29, 1.82) is 0 Å². The molecule has 2 rings (SSSR count). The summed E-state index contributed by atoms with van der Waals surface area (Å²) < 4.78 is 0. The number of rotatable bonds is 4. The number of benzene rings is 1. The number of carbonyl (C=O) groups excluding carboxylic acids is 1. The normalized spacial score (nSPS) is 12.6. The molecule has 6 heteroatoms. The van der Waals surface area contributed by atoms with E-state index in [1.54, 1.807) is 0 Å². The summed E-state index contributed by atoms with van der Waals surface area (Å²) in [5.74, 6) is 5.41. The maximum absolute atomic E-state index is 11.2. The van der Waals surface area contributed by atoms with Crippen LogP contribution in [0, 0.1) is 5.92 Å². The van der Waals surface area contributed by atoms with Crippen molar-refractivity contribution in [2.75, 3.05) is 5.75 Å². The lowest BCUT2D eigenvalue weighted by Gasteiger charge is -2.06. The predicted molar refractivity (Wildman–Crippen MR) is 68.3 cm³/mol. The van der Waals surface area contributed by atoms with Crippen LogP contribution in [0.2, 0.25) is 0 Å². The number of hydrogen-bond acceptors (Lipinski definition) is 4. The molecule has 0 bridgehead atoms. The molecule has 0 aliphatic rings. The predicted octanol–water partition coefficient (Wildman–Crippen LogP) is 1.28. The molecule has 0 saturated carbocycles. The van der Waals surface area contributed by atoms with Crippen LogP contribution in [0.3, 0.4) is 0 Å². The lowest BCUT2D eigenvalue weighted by Crippen LogP contribution is -2.35. The van der Waals surface area contributed by atoms with Crippen LogP contribution >= 0.6 is 11.8 Å². The van der Waals surface area contributed by atoms with Crippen molar-refractivity contribution in [3.8, 4) is 0 Å². The van der Waals surface area contributed by atoms with Gasteiger partial charge in [-0.3, -0.25) is 10.2 Å². The third-order valence-electron chi connectivity index (χ3n) is 2.43. The molecule has 90 valence electrons. The number of fused-ring (bicyclic) bond motifs is 1. The Morgan fingerprint density at radius 1 is 1.59 bits per heavy atom. The van der Waals surface area contributed by atoms with E-state index in [0.29, 0.717) is 5.75 Å². The average molecular weight is 250 g/mol. The summed E-state index contributed by atoms with van der Waals surface area (Å²) in [5, 5.41) is 0.822. The van der Waals surface area contributed by atoms with Crippen LogP contribution in [0.1, 0.15) is 6.92 Å². The lowest BCUT2D eigenvalue weighted by atomic mass is 10.2. The Hall–Kier alpha value is -1.53. The van der Waals surface area contributed by atoms with Gasteiger partial charge in [0.25, 0.3) is 0 Å². The largest absolute Gasteiger partial charge is 0.333 e. The summed E-state index contributed by atoms with van der Waals surface area (Å²) in [6, 6.07) is 7.83. The standard InChI is InChI=1S/C11H14N4OS/c1-7(10(16)15-12)6-17-11-13-8-4-2-3-5-9(8)14-11/h2-5,7H,6,12H2,1H3,(H,13,14)(H,15,16). The summed E-state index contributed by atoms with van der Waals surface area (Å²) >= 11 is 1.51. The van der Waals surface area contributed by atoms with Gasteiger partial charge in [-0.05, 0) is 12.1 Å². The van der Waals surface area contributed by atoms with E-state index >= 15 is 0 Å². The minimum atomic E-state index is -0.159. The van der Waals surface area contributed by atoms with E-state index in [-0.39, 0.29) is 11.8 Å². The molecule has 0 fully saturated rings. The number of para-hydroxylation sites is 2. The molecule has 1 unspecified atom stereocenters. The number of carbonyl (C=O) groups is 1. The van der Waals surface area contributed by atoms with Gasteiger partial charge in [0, 0.05) is 11.7 Å². The van der Waals surface area contributed by atoms with Gasteiger partial charge in [-0.1, -0.05) is 30.8 Å². The van der Waals surface area contributed by atoms with Crippen molar-refractivity contribution in [2.45, 2.75) is 12.1 Å². The van der Waals surface area contributed by atoms with E-state index in [1.165, 1.54) is 11.8 Å². The summed E-state index contributed by atoms with van der Waals surface area (Å²) in [7, 11) is 0. The van der Waals surface area contributed by atoms with Gasteiger partial charge in [0.1, 0.15) is 0 Å². The Kier molecular flexibility index (Phi) is 3.65. The van der Waals surface area contributed by atoms with Gasteiger partial charge in [-0.2, -0.15) is 0 Å². The first-order valence-corrected chi connectivity index (χ1v) is 6.27. The van der Waals surface area contributed by atoms with Gasteiger partial charge in [-0.25, -0.2) is 10.8 Å². The minimum Gasteiger partial charge on any atom is -0.333 e. The van der Waals surface area contributed by atoms with Crippen molar-refractivity contribution in [3.05, 3.63) is 24.3 Å². The number of hydrazine groups is 1. The van der Waals surface area contributed by atoms with E-state index in [9.17, 15) is 4.79 Å². The van der Waals surface area contributed by atoms with E-state index in [4.69, 9.17) is 5.84 Å². The zero-order valence-electron chi connectivity index (χ0n) is 9.43. The second-order valence-electron chi connectivity index (χ2n) is 3.78. The number of aromatic nitrogens is 2. The second-order valence-corrected chi connectivity index (χ2v) is 4.79. The number of hydrogen-bond donors (Lipinski definition) is 3. The summed E-state index contributed by atoms with van der Waals surface area (Å²) in [6.07, 6.45) is 0. The SMILES string of the molecule is CC(CSc1nc2ccccc2[nH]1)C(=O)NN. The third kappa shape index (κ3) is 2.78. The van der Waals surface area contributed by atoms with Crippen LogP contribution in [0.5, 0.6) is 0 Å². The first kappa shape index (κ1) is 11.9. The second kappa shape index (κ2) is 5.20. The Bertz CT molecular complexity index is 492. The van der Waals surface area contributed by atoms with Crippen LogP contribution in [0.25, 0.3) is 11.0 Å². The number of H-pyrrole nitrogens is 1. The number of imidazole rings is 1. The number of thioether (sulfide) groups is 1. The summed E-state index contributed by atoms with van der Waals surface area (Å²) in [6.45, 7) is 1.83. The highest BCUT2D eigenvalue weighted by molar-refractivity contribution is 7.99. The maximum Gasteiger partial charge on any atom is 0.237 e. The van der Waals surface area contributed by atoms with Crippen LogP contribution < -0.4 is 11.3 Å². The fourth-order valence-corrected chi connectivity index (χ4v) is 2.32. The molecule has 0 saturated heterocycles. The van der Waals surface area contributed by atoms with Gasteiger partial charge >= 0.3 is 0 Å². The molecule has 0 radical (unpaired) electrons. The highest BCUT2D eigenvalue weighted by atomic mass is 32.2. The molecule has 1 amide bonds. The third-order valence-corrected chi connectivity index (χ3v) is 3.56. The number of amides is 1. The fraction of sp³-hybridized carbons (Fsp3) is 0.273. The van der Waals surface area contributed by atoms with Crippen LogP contribution in [-0.2, 0) is 4.79 Å². The molecule has 0 aliphatic carbocycles. The van der Waals surface area contributed by atoms with Gasteiger partial charge < -0.3 is 4.98 Å². The fourth-order valence-electron chi connectivity index (χ4n) is 1.42. The number of nitrogens with one attached hydrogen (secondary N) is 2. The Labute approximate surface area is 103 Å². The van der Waals surface area contributed by atoms with Crippen molar-refractivity contribution >= 4 is 28.7 Å². The molecule has 17 heavy (non-hydrogen) atoms. The summed E-state index contributed by atoms with van der Waals surface area (Å²) in [4.78, 5) is 18.8. The molecular formula is C11H14N4OS. The van der Waals surface area contributed by atoms with Crippen molar-refractivity contribution in [1.82, 2.24) is 15.4 Å². The molecular weight excluding hydrogens is 236 g/mol. The molecule has 4 N–H and O–H groups in total. The van der Waals surface area contributed by atoms with Crippen LogP contribution in [-0.4, -0.2) is 21.6 Å². The van der Waals surface area contributed by atoms with E-state index in [2.05, 4.69) is 15.4 Å². The average Bonchev–Trinajstić information content (AvgIpc) is 2.77. The molecule has 0 aliphatic heterocycles. The Morgan fingerprint density at radius 2 is 2.35 bits per heavy atom. The lowest BCUT2D eigenvalue weighted by molar-refractivity contribution is -0.123. The van der Waals surface area contributed by atoms with Crippen LogP contribution in [0.4, 0.5) is 0 Å². The van der Waals surface area contributed by atoms with E-state index < -0.39 is 0 Å². The zero-order chi connectivity index (χ0) is 12.3. The van der Waals surface area contributed by atoms with Crippen LogP contribution in [0.15, 0.2) is 29.4 Å². The van der Waals surface area contributed by atoms with E-state index in [0.717, 1.165) is 16.2 Å². The monoisotopic (exact) mass is 250 g/mol. The Morgan fingerprint density at radius 3 is 3.06 bits per heavy atom. The highest BCUT2D eigenvalue weighted by Gasteiger charge is 2.12. The zero-order valence-corrected chi connectivity index (χ0v) is 10.3. The maximum atomic E-state index is 11.2. The molecule has 5 nitrogen and oxygen atoms in total. The quantitative estimate of drug-likeness (QED) is 0.330. The van der Waals surface area contributed by atoms with Crippen molar-refractivity contribution in [2.24, 2.45) is 11.8 Å². The summed E-state index contributed by atoms with van der Waals surface area (Å²) in [5.41, 5.74) is 4.09. The molecule has 1 atom stereocenters. The molecule has 1 aromatic carbocycles.